The van der Waals surface area contributed by atoms with Crippen molar-refractivity contribution in [2.75, 3.05) is 13.2 Å². The number of rotatable bonds is 8. The quantitative estimate of drug-likeness (QED) is 0.509. The topological polar surface area (TPSA) is 78.4 Å². The first kappa shape index (κ1) is 13.0. The van der Waals surface area contributed by atoms with Gasteiger partial charge in [-0.25, -0.2) is 0 Å². The predicted molar refractivity (Wildman–Crippen MR) is 59.7 cm³/mol. The number of carbonyl (C=O) groups is 2. The number of aliphatic hydroxyl groups is 1. The smallest absolute Gasteiger partial charge is 0.220 e. The van der Waals surface area contributed by atoms with E-state index in [0.29, 0.717) is 38.3 Å². The van der Waals surface area contributed by atoms with E-state index in [0.717, 1.165) is 12.8 Å². The summed E-state index contributed by atoms with van der Waals surface area (Å²) in [6.07, 6.45) is 4.19. The van der Waals surface area contributed by atoms with E-state index < -0.39 is 0 Å². The Kier molecular flexibility index (Phi) is 5.85. The third-order valence-electron chi connectivity index (χ3n) is 2.41. The van der Waals surface area contributed by atoms with Gasteiger partial charge < -0.3 is 15.7 Å². The Morgan fingerprint density at radius 3 is 2.44 bits per heavy atom. The number of amides is 2. The van der Waals surface area contributed by atoms with Gasteiger partial charge in [0.25, 0.3) is 0 Å². The van der Waals surface area contributed by atoms with Gasteiger partial charge in [0.2, 0.25) is 11.8 Å². The standard InChI is InChI=1S/C11H20N2O3/c14-8-2-4-10(15)12-7-1-3-11(16)13-9-5-6-9/h9,14H,1-8H2,(H,12,15)(H,13,16). The lowest BCUT2D eigenvalue weighted by molar-refractivity contribution is -0.123. The maximum atomic E-state index is 11.3. The van der Waals surface area contributed by atoms with Crippen LogP contribution in [0, 0.1) is 0 Å². The Hall–Kier alpha value is -1.10. The molecule has 0 radical (unpaired) electrons. The van der Waals surface area contributed by atoms with E-state index in [-0.39, 0.29) is 18.4 Å². The van der Waals surface area contributed by atoms with Crippen LogP contribution in [0.25, 0.3) is 0 Å². The van der Waals surface area contributed by atoms with Crippen molar-refractivity contribution in [3.05, 3.63) is 0 Å². The summed E-state index contributed by atoms with van der Waals surface area (Å²) in [6.45, 7) is 0.569. The molecule has 0 heterocycles. The summed E-state index contributed by atoms with van der Waals surface area (Å²) in [7, 11) is 0. The number of hydrogen-bond donors (Lipinski definition) is 3. The molecule has 0 aliphatic heterocycles. The first-order valence-electron chi connectivity index (χ1n) is 5.89. The molecule has 0 aromatic carbocycles. The van der Waals surface area contributed by atoms with Gasteiger partial charge in [0, 0.05) is 32.0 Å². The number of nitrogens with one attached hydrogen (secondary N) is 2. The molecule has 0 spiro atoms. The van der Waals surface area contributed by atoms with Crippen LogP contribution < -0.4 is 10.6 Å². The normalized spacial score (nSPS) is 14.6. The second-order valence-electron chi connectivity index (χ2n) is 4.12. The van der Waals surface area contributed by atoms with Crippen LogP contribution in [0.5, 0.6) is 0 Å². The van der Waals surface area contributed by atoms with Crippen LogP contribution in [0.15, 0.2) is 0 Å². The van der Waals surface area contributed by atoms with Crippen molar-refractivity contribution >= 4 is 11.8 Å². The van der Waals surface area contributed by atoms with Crippen molar-refractivity contribution in [2.45, 2.75) is 44.6 Å². The van der Waals surface area contributed by atoms with Crippen molar-refractivity contribution in [3.8, 4) is 0 Å². The highest BCUT2D eigenvalue weighted by Crippen LogP contribution is 2.18. The van der Waals surface area contributed by atoms with E-state index in [1.54, 1.807) is 0 Å². The minimum atomic E-state index is -0.0587. The second-order valence-corrected chi connectivity index (χ2v) is 4.12. The van der Waals surface area contributed by atoms with Gasteiger partial charge in [-0.1, -0.05) is 0 Å². The summed E-state index contributed by atoms with van der Waals surface area (Å²) in [5.41, 5.74) is 0. The lowest BCUT2D eigenvalue weighted by Crippen LogP contribution is -2.28. The highest BCUT2D eigenvalue weighted by molar-refractivity contribution is 5.77. The third-order valence-corrected chi connectivity index (χ3v) is 2.41. The van der Waals surface area contributed by atoms with Crippen molar-refractivity contribution < 1.29 is 14.7 Å². The van der Waals surface area contributed by atoms with E-state index in [9.17, 15) is 9.59 Å². The maximum Gasteiger partial charge on any atom is 0.220 e. The molecule has 1 fully saturated rings. The van der Waals surface area contributed by atoms with E-state index in [4.69, 9.17) is 5.11 Å². The molecule has 1 saturated carbocycles. The Morgan fingerprint density at radius 1 is 1.12 bits per heavy atom. The Balaban J connectivity index is 1.89. The van der Waals surface area contributed by atoms with E-state index in [1.807, 2.05) is 0 Å². The highest BCUT2D eigenvalue weighted by Gasteiger charge is 2.22. The summed E-state index contributed by atoms with van der Waals surface area (Å²) in [5.74, 6) is 0.0174. The zero-order chi connectivity index (χ0) is 11.8. The fourth-order valence-electron chi connectivity index (χ4n) is 1.33. The van der Waals surface area contributed by atoms with Crippen LogP contribution in [0.4, 0.5) is 0 Å². The molecule has 2 amide bonds. The van der Waals surface area contributed by atoms with Gasteiger partial charge in [-0.2, -0.15) is 0 Å². The Bertz CT molecular complexity index is 239. The van der Waals surface area contributed by atoms with Crippen LogP contribution in [0.2, 0.25) is 0 Å². The molecule has 0 aromatic rings. The SMILES string of the molecule is O=C(CCCO)NCCCC(=O)NC1CC1. The summed E-state index contributed by atoms with van der Waals surface area (Å²) < 4.78 is 0. The average Bonchev–Trinajstić information content (AvgIpc) is 3.05. The molecule has 92 valence electrons. The molecule has 3 N–H and O–H groups in total. The monoisotopic (exact) mass is 228 g/mol. The average molecular weight is 228 g/mol. The second kappa shape index (κ2) is 7.22. The van der Waals surface area contributed by atoms with Gasteiger partial charge in [0.15, 0.2) is 0 Å². The fraction of sp³-hybridized carbons (Fsp3) is 0.818. The third kappa shape index (κ3) is 6.40. The molecule has 5 nitrogen and oxygen atoms in total. The van der Waals surface area contributed by atoms with Crippen LogP contribution in [0.1, 0.15) is 38.5 Å². The number of hydrogen-bond acceptors (Lipinski definition) is 3. The van der Waals surface area contributed by atoms with Crippen molar-refractivity contribution in [2.24, 2.45) is 0 Å². The van der Waals surface area contributed by atoms with Crippen molar-refractivity contribution in [3.63, 3.8) is 0 Å². The molecule has 1 rings (SSSR count). The van der Waals surface area contributed by atoms with Crippen LogP contribution >= 0.6 is 0 Å². The van der Waals surface area contributed by atoms with E-state index >= 15 is 0 Å². The molecule has 0 saturated heterocycles. The van der Waals surface area contributed by atoms with Gasteiger partial charge >= 0.3 is 0 Å². The minimum Gasteiger partial charge on any atom is -0.396 e. The lowest BCUT2D eigenvalue weighted by Gasteiger charge is -2.05. The van der Waals surface area contributed by atoms with Gasteiger partial charge in [-0.3, -0.25) is 9.59 Å². The molecule has 0 aromatic heterocycles. The van der Waals surface area contributed by atoms with Crippen molar-refractivity contribution in [1.82, 2.24) is 10.6 Å². The molecule has 16 heavy (non-hydrogen) atoms. The van der Waals surface area contributed by atoms with E-state index in [2.05, 4.69) is 10.6 Å². The maximum absolute atomic E-state index is 11.3. The van der Waals surface area contributed by atoms with Crippen LogP contribution in [0.3, 0.4) is 0 Å². The minimum absolute atomic E-state index is 0.0389. The summed E-state index contributed by atoms with van der Waals surface area (Å²) >= 11 is 0. The fourth-order valence-corrected chi connectivity index (χ4v) is 1.33. The molecule has 0 bridgehead atoms. The van der Waals surface area contributed by atoms with Crippen LogP contribution in [-0.2, 0) is 9.59 Å². The molecule has 1 aliphatic carbocycles. The Morgan fingerprint density at radius 2 is 1.81 bits per heavy atom. The molecule has 1 aliphatic rings. The van der Waals surface area contributed by atoms with Gasteiger partial charge in [0.05, 0.1) is 0 Å². The van der Waals surface area contributed by atoms with Gasteiger partial charge in [-0.15, -0.1) is 0 Å². The lowest BCUT2D eigenvalue weighted by atomic mass is 10.2. The molecule has 0 atom stereocenters. The molecular weight excluding hydrogens is 208 g/mol. The number of aliphatic hydroxyl groups excluding tert-OH is 1. The number of carbonyl (C=O) groups excluding carboxylic acids is 2. The predicted octanol–water partition coefficient (Wildman–Crippen LogP) is -0.0661. The highest BCUT2D eigenvalue weighted by atomic mass is 16.3. The van der Waals surface area contributed by atoms with Crippen molar-refractivity contribution in [1.29, 1.82) is 0 Å². The zero-order valence-electron chi connectivity index (χ0n) is 9.50. The van der Waals surface area contributed by atoms with Gasteiger partial charge in [-0.05, 0) is 25.7 Å². The summed E-state index contributed by atoms with van der Waals surface area (Å²) in [6, 6.07) is 0.409. The van der Waals surface area contributed by atoms with Gasteiger partial charge in [0.1, 0.15) is 0 Å². The summed E-state index contributed by atoms with van der Waals surface area (Å²) in [4.78, 5) is 22.4. The summed E-state index contributed by atoms with van der Waals surface area (Å²) in [5, 5.41) is 14.1. The van der Waals surface area contributed by atoms with E-state index in [1.165, 1.54) is 0 Å². The first-order chi connectivity index (χ1) is 7.72. The largest absolute Gasteiger partial charge is 0.396 e. The van der Waals surface area contributed by atoms with Crippen LogP contribution in [-0.4, -0.2) is 36.1 Å². The first-order valence-corrected chi connectivity index (χ1v) is 5.89. The molecule has 5 heteroatoms. The molecule has 0 unspecified atom stereocenters. The Labute approximate surface area is 95.6 Å². The molecular formula is C11H20N2O3. The zero-order valence-corrected chi connectivity index (χ0v) is 9.50.